The van der Waals surface area contributed by atoms with E-state index in [1.165, 1.54) is 0 Å². The predicted molar refractivity (Wildman–Crippen MR) is 119 cm³/mol. The van der Waals surface area contributed by atoms with E-state index in [-0.39, 0.29) is 5.91 Å². The monoisotopic (exact) mass is 431 g/mol. The first kappa shape index (κ1) is 19.4. The van der Waals surface area contributed by atoms with Gasteiger partial charge in [-0.05, 0) is 36.4 Å². The molecule has 2 aliphatic heterocycles. The summed E-state index contributed by atoms with van der Waals surface area (Å²) in [5.74, 6) is 1.07. The molecule has 1 amide bonds. The van der Waals surface area contributed by atoms with Gasteiger partial charge < -0.3 is 26.6 Å². The number of benzene rings is 2. The Morgan fingerprint density at radius 2 is 1.52 bits per heavy atom. The van der Waals surface area contributed by atoms with Gasteiger partial charge in [-0.2, -0.15) is 0 Å². The molecular formula is C19H19Cl2N7O. The maximum Gasteiger partial charge on any atom is 0.255 e. The van der Waals surface area contributed by atoms with Crippen LogP contribution in [0.2, 0.25) is 10.0 Å². The van der Waals surface area contributed by atoms with Gasteiger partial charge in [0.25, 0.3) is 5.91 Å². The Hall–Kier alpha value is -2.97. The molecule has 0 atom stereocenters. The molecule has 2 aromatic rings. The maximum absolute atomic E-state index is 12.6. The number of aliphatic imine (C=N–C) groups is 2. The van der Waals surface area contributed by atoms with E-state index >= 15 is 0 Å². The van der Waals surface area contributed by atoms with Crippen molar-refractivity contribution < 1.29 is 4.79 Å². The lowest BCUT2D eigenvalue weighted by atomic mass is 10.2. The number of amides is 1. The van der Waals surface area contributed by atoms with Crippen LogP contribution >= 0.6 is 23.2 Å². The molecule has 29 heavy (non-hydrogen) atoms. The highest BCUT2D eigenvalue weighted by molar-refractivity contribution is 6.35. The van der Waals surface area contributed by atoms with E-state index in [0.29, 0.717) is 38.9 Å². The molecule has 2 aliphatic rings. The lowest BCUT2D eigenvalue weighted by molar-refractivity contribution is 0.102. The van der Waals surface area contributed by atoms with Crippen molar-refractivity contribution in [2.75, 3.05) is 42.1 Å². The van der Waals surface area contributed by atoms with Crippen LogP contribution in [0, 0.1) is 0 Å². The average Bonchev–Trinajstić information content (AvgIpc) is 3.40. The van der Waals surface area contributed by atoms with E-state index < -0.39 is 0 Å². The Bertz CT molecular complexity index is 1010. The highest BCUT2D eigenvalue weighted by Crippen LogP contribution is 2.27. The minimum atomic E-state index is -0.306. The molecule has 0 aromatic heterocycles. The minimum Gasteiger partial charge on any atom is -0.354 e. The summed E-state index contributed by atoms with van der Waals surface area (Å²) in [6.07, 6.45) is 0. The van der Waals surface area contributed by atoms with E-state index in [0.717, 1.165) is 31.9 Å². The van der Waals surface area contributed by atoms with E-state index in [2.05, 4.69) is 36.6 Å². The van der Waals surface area contributed by atoms with Gasteiger partial charge in [0.1, 0.15) is 0 Å². The molecule has 0 aliphatic carbocycles. The quantitative estimate of drug-likeness (QED) is 0.512. The first-order valence-corrected chi connectivity index (χ1v) is 9.85. The summed E-state index contributed by atoms with van der Waals surface area (Å²) >= 11 is 12.6. The van der Waals surface area contributed by atoms with Crippen molar-refractivity contribution in [3.63, 3.8) is 0 Å². The molecule has 0 radical (unpaired) electrons. The SMILES string of the molecule is O=C(Nc1ccc(NC2=NCCN2)cc1Cl)c1ccc(NC2=NCCN2)c(Cl)c1. The molecule has 8 nitrogen and oxygen atoms in total. The second-order valence-electron chi connectivity index (χ2n) is 6.41. The molecule has 0 saturated heterocycles. The smallest absolute Gasteiger partial charge is 0.255 e. The lowest BCUT2D eigenvalue weighted by Gasteiger charge is -2.12. The number of carbonyl (C=O) groups is 1. The molecule has 0 bridgehead atoms. The van der Waals surface area contributed by atoms with Crippen LogP contribution in [0.15, 0.2) is 46.4 Å². The molecular weight excluding hydrogens is 413 g/mol. The van der Waals surface area contributed by atoms with Crippen molar-refractivity contribution in [3.8, 4) is 0 Å². The maximum atomic E-state index is 12.6. The largest absolute Gasteiger partial charge is 0.354 e. The Balaban J connectivity index is 1.42. The van der Waals surface area contributed by atoms with Crippen LogP contribution < -0.4 is 26.6 Å². The molecule has 0 spiro atoms. The number of rotatable bonds is 4. The molecule has 0 unspecified atom stereocenters. The van der Waals surface area contributed by atoms with Crippen molar-refractivity contribution in [2.45, 2.75) is 0 Å². The van der Waals surface area contributed by atoms with Gasteiger partial charge in [0.2, 0.25) is 0 Å². The van der Waals surface area contributed by atoms with Gasteiger partial charge in [0.05, 0.1) is 34.5 Å². The molecule has 0 saturated carbocycles. The number of nitrogens with one attached hydrogen (secondary N) is 5. The van der Waals surface area contributed by atoms with Crippen molar-refractivity contribution >= 4 is 58.1 Å². The van der Waals surface area contributed by atoms with Gasteiger partial charge in [-0.1, -0.05) is 23.2 Å². The van der Waals surface area contributed by atoms with Crippen LogP contribution in [0.25, 0.3) is 0 Å². The fourth-order valence-corrected chi connectivity index (χ4v) is 3.33. The number of carbonyl (C=O) groups excluding carboxylic acids is 1. The molecule has 10 heteroatoms. The summed E-state index contributed by atoms with van der Waals surface area (Å²) in [5, 5.41) is 16.1. The van der Waals surface area contributed by atoms with Gasteiger partial charge in [-0.3, -0.25) is 14.8 Å². The number of anilines is 3. The Morgan fingerprint density at radius 1 is 0.862 bits per heavy atom. The highest BCUT2D eigenvalue weighted by atomic mass is 35.5. The van der Waals surface area contributed by atoms with Gasteiger partial charge in [0.15, 0.2) is 11.9 Å². The van der Waals surface area contributed by atoms with Crippen LogP contribution in [0.5, 0.6) is 0 Å². The van der Waals surface area contributed by atoms with Crippen molar-refractivity contribution in [1.82, 2.24) is 10.6 Å². The number of hydrogen-bond donors (Lipinski definition) is 5. The minimum absolute atomic E-state index is 0.306. The number of nitrogens with zero attached hydrogens (tertiary/aromatic N) is 2. The zero-order chi connectivity index (χ0) is 20.2. The molecule has 150 valence electrons. The lowest BCUT2D eigenvalue weighted by Crippen LogP contribution is -2.26. The van der Waals surface area contributed by atoms with Crippen LogP contribution in [0.1, 0.15) is 10.4 Å². The number of halogens is 2. The van der Waals surface area contributed by atoms with Gasteiger partial charge >= 0.3 is 0 Å². The summed E-state index contributed by atoms with van der Waals surface area (Å²) in [7, 11) is 0. The van der Waals surface area contributed by atoms with E-state index in [1.54, 1.807) is 30.3 Å². The van der Waals surface area contributed by atoms with Gasteiger partial charge in [-0.25, -0.2) is 0 Å². The number of guanidine groups is 2. The van der Waals surface area contributed by atoms with Crippen LogP contribution in [0.3, 0.4) is 0 Å². The van der Waals surface area contributed by atoms with E-state index in [1.807, 2.05) is 6.07 Å². The first-order chi connectivity index (χ1) is 14.1. The van der Waals surface area contributed by atoms with Gasteiger partial charge in [-0.15, -0.1) is 0 Å². The molecule has 4 rings (SSSR count). The summed E-state index contributed by atoms with van der Waals surface area (Å²) in [6, 6.07) is 10.3. The number of hydrogen-bond acceptors (Lipinski definition) is 7. The molecule has 2 aromatic carbocycles. The third-order valence-electron chi connectivity index (χ3n) is 4.31. The second kappa shape index (κ2) is 8.59. The molecule has 5 N–H and O–H groups in total. The zero-order valence-corrected chi connectivity index (χ0v) is 16.9. The first-order valence-electron chi connectivity index (χ1n) is 9.09. The molecule has 2 heterocycles. The zero-order valence-electron chi connectivity index (χ0n) is 15.4. The van der Waals surface area contributed by atoms with E-state index in [4.69, 9.17) is 23.2 Å². The van der Waals surface area contributed by atoms with Crippen molar-refractivity contribution in [1.29, 1.82) is 0 Å². The summed E-state index contributed by atoms with van der Waals surface area (Å²) in [5.41, 5.74) is 2.38. The van der Waals surface area contributed by atoms with Crippen molar-refractivity contribution in [2.24, 2.45) is 9.98 Å². The Kier molecular flexibility index (Phi) is 5.73. The Labute approximate surface area is 177 Å². The summed E-state index contributed by atoms with van der Waals surface area (Å²) < 4.78 is 0. The summed E-state index contributed by atoms with van der Waals surface area (Å²) in [4.78, 5) is 21.1. The average molecular weight is 432 g/mol. The highest BCUT2D eigenvalue weighted by Gasteiger charge is 2.13. The Morgan fingerprint density at radius 3 is 2.14 bits per heavy atom. The summed E-state index contributed by atoms with van der Waals surface area (Å²) in [6.45, 7) is 3.07. The fraction of sp³-hybridized carbons (Fsp3) is 0.211. The van der Waals surface area contributed by atoms with Gasteiger partial charge in [0, 0.05) is 24.3 Å². The van der Waals surface area contributed by atoms with Crippen LogP contribution in [-0.2, 0) is 0 Å². The van der Waals surface area contributed by atoms with Crippen LogP contribution in [-0.4, -0.2) is 44.0 Å². The fourth-order valence-electron chi connectivity index (χ4n) is 2.87. The normalized spacial score (nSPS) is 15.1. The third kappa shape index (κ3) is 4.72. The topological polar surface area (TPSA) is 102 Å². The van der Waals surface area contributed by atoms with E-state index in [9.17, 15) is 4.79 Å². The van der Waals surface area contributed by atoms with Crippen molar-refractivity contribution in [3.05, 3.63) is 52.0 Å². The third-order valence-corrected chi connectivity index (χ3v) is 4.94. The predicted octanol–water partition coefficient (Wildman–Crippen LogP) is 2.99. The second-order valence-corrected chi connectivity index (χ2v) is 7.22. The standard InChI is InChI=1S/C19H19Cl2N7O/c20-13-9-11(1-3-16(13)28-19-24-7-8-25-19)17(29)27-15-4-2-12(10-14(15)21)26-18-22-5-6-23-18/h1-4,9-10H,5-8H2,(H,27,29)(H2,22,23,26)(H2,24,25,28). The van der Waals surface area contributed by atoms with Crippen LogP contribution in [0.4, 0.5) is 17.1 Å². The molecule has 0 fully saturated rings.